The molecule has 0 amide bonds. The minimum absolute atomic E-state index is 0.121. The van der Waals surface area contributed by atoms with Crippen LogP contribution in [0.1, 0.15) is 45.7 Å². The van der Waals surface area contributed by atoms with Crippen LogP contribution < -0.4 is 10.6 Å². The molecule has 1 aliphatic heterocycles. The van der Waals surface area contributed by atoms with Gasteiger partial charge in [-0.2, -0.15) is 0 Å². The second-order valence-electron chi connectivity index (χ2n) is 6.80. The van der Waals surface area contributed by atoms with Crippen molar-refractivity contribution in [3.05, 3.63) is 29.6 Å². The van der Waals surface area contributed by atoms with E-state index in [1.165, 1.54) is 0 Å². The van der Waals surface area contributed by atoms with Crippen LogP contribution in [-0.2, 0) is 0 Å². The lowest BCUT2D eigenvalue weighted by molar-refractivity contribution is 0.263. The van der Waals surface area contributed by atoms with E-state index in [1.807, 2.05) is 19.1 Å². The third-order valence-corrected chi connectivity index (χ3v) is 4.25. The molecule has 2 N–H and O–H groups in total. The van der Waals surface area contributed by atoms with Gasteiger partial charge in [-0.1, -0.05) is 26.8 Å². The Morgan fingerprint density at radius 1 is 1.37 bits per heavy atom. The first-order chi connectivity index (χ1) is 8.79. The van der Waals surface area contributed by atoms with Crippen molar-refractivity contribution in [3.8, 4) is 0 Å². The van der Waals surface area contributed by atoms with Crippen LogP contribution in [0.25, 0.3) is 0 Å². The Balaban J connectivity index is 2.16. The third kappa shape index (κ3) is 3.08. The summed E-state index contributed by atoms with van der Waals surface area (Å²) in [5.41, 5.74) is 7.65. The Bertz CT molecular complexity index is 449. The molecule has 0 saturated carbocycles. The standard InChI is InChI=1S/C16H25FN2/c1-11(18)12-5-6-15(14(17)9-12)19-8-7-13(10-19)16(2,3)4/h5-6,9,11,13H,7-8,10,18H2,1-4H3/t11-,13?/m0/s1. The Morgan fingerprint density at radius 3 is 2.53 bits per heavy atom. The highest BCUT2D eigenvalue weighted by Crippen LogP contribution is 2.36. The summed E-state index contributed by atoms with van der Waals surface area (Å²) in [7, 11) is 0. The quantitative estimate of drug-likeness (QED) is 0.882. The molecule has 1 saturated heterocycles. The average Bonchev–Trinajstić information content (AvgIpc) is 2.77. The van der Waals surface area contributed by atoms with Crippen LogP contribution in [0, 0.1) is 17.2 Å². The van der Waals surface area contributed by atoms with Crippen LogP contribution in [0.3, 0.4) is 0 Å². The first-order valence-electron chi connectivity index (χ1n) is 7.09. The topological polar surface area (TPSA) is 29.3 Å². The van der Waals surface area contributed by atoms with Crippen molar-refractivity contribution in [1.29, 1.82) is 0 Å². The molecule has 3 heteroatoms. The normalized spacial score (nSPS) is 21.8. The minimum atomic E-state index is -0.149. The molecule has 0 radical (unpaired) electrons. The molecular formula is C16H25FN2. The molecule has 1 aromatic rings. The molecule has 2 atom stereocenters. The van der Waals surface area contributed by atoms with Gasteiger partial charge in [-0.05, 0) is 42.4 Å². The molecule has 0 aliphatic carbocycles. The number of hydrogen-bond acceptors (Lipinski definition) is 2. The van der Waals surface area contributed by atoms with Gasteiger partial charge in [0.05, 0.1) is 5.69 Å². The number of anilines is 1. The Morgan fingerprint density at radius 2 is 2.05 bits per heavy atom. The van der Waals surface area contributed by atoms with Crippen LogP contribution in [0.4, 0.5) is 10.1 Å². The highest BCUT2D eigenvalue weighted by Gasteiger charge is 2.32. The zero-order valence-corrected chi connectivity index (χ0v) is 12.4. The third-order valence-electron chi connectivity index (χ3n) is 4.25. The van der Waals surface area contributed by atoms with Crippen LogP contribution in [-0.4, -0.2) is 13.1 Å². The van der Waals surface area contributed by atoms with Crippen LogP contribution in [0.15, 0.2) is 18.2 Å². The van der Waals surface area contributed by atoms with Crippen molar-refractivity contribution in [2.75, 3.05) is 18.0 Å². The summed E-state index contributed by atoms with van der Waals surface area (Å²) in [5, 5.41) is 0. The van der Waals surface area contributed by atoms with Gasteiger partial charge in [0, 0.05) is 19.1 Å². The van der Waals surface area contributed by atoms with E-state index in [9.17, 15) is 4.39 Å². The van der Waals surface area contributed by atoms with E-state index < -0.39 is 0 Å². The number of nitrogens with two attached hydrogens (primary N) is 1. The van der Waals surface area contributed by atoms with Gasteiger partial charge in [0.25, 0.3) is 0 Å². The molecule has 1 heterocycles. The number of hydrogen-bond donors (Lipinski definition) is 1. The highest BCUT2D eigenvalue weighted by molar-refractivity contribution is 5.50. The Kier molecular flexibility index (Phi) is 3.86. The van der Waals surface area contributed by atoms with Crippen molar-refractivity contribution in [3.63, 3.8) is 0 Å². The van der Waals surface area contributed by atoms with Crippen molar-refractivity contribution >= 4 is 5.69 Å². The van der Waals surface area contributed by atoms with Crippen molar-refractivity contribution in [2.24, 2.45) is 17.1 Å². The molecule has 2 nitrogen and oxygen atoms in total. The monoisotopic (exact) mass is 264 g/mol. The lowest BCUT2D eigenvalue weighted by Crippen LogP contribution is -2.26. The Hall–Kier alpha value is -1.09. The molecule has 19 heavy (non-hydrogen) atoms. The molecule has 106 valence electrons. The van der Waals surface area contributed by atoms with Gasteiger partial charge in [-0.15, -0.1) is 0 Å². The number of rotatable bonds is 2. The largest absolute Gasteiger partial charge is 0.369 e. The maximum absolute atomic E-state index is 14.2. The fourth-order valence-electron chi connectivity index (χ4n) is 2.75. The first-order valence-corrected chi connectivity index (χ1v) is 7.09. The van der Waals surface area contributed by atoms with Gasteiger partial charge in [-0.25, -0.2) is 4.39 Å². The van der Waals surface area contributed by atoms with Crippen LogP contribution >= 0.6 is 0 Å². The van der Waals surface area contributed by atoms with E-state index in [4.69, 9.17) is 5.73 Å². The van der Waals surface area contributed by atoms with Crippen molar-refractivity contribution in [1.82, 2.24) is 0 Å². The average molecular weight is 264 g/mol. The second kappa shape index (κ2) is 5.12. The smallest absolute Gasteiger partial charge is 0.146 e. The van der Waals surface area contributed by atoms with Gasteiger partial charge in [-0.3, -0.25) is 0 Å². The summed E-state index contributed by atoms with van der Waals surface area (Å²) < 4.78 is 14.2. The van der Waals surface area contributed by atoms with E-state index in [2.05, 4.69) is 25.7 Å². The van der Waals surface area contributed by atoms with Gasteiger partial charge < -0.3 is 10.6 Å². The van der Waals surface area contributed by atoms with E-state index in [-0.39, 0.29) is 17.3 Å². The van der Waals surface area contributed by atoms with Gasteiger partial charge in [0.2, 0.25) is 0 Å². The highest BCUT2D eigenvalue weighted by atomic mass is 19.1. The van der Waals surface area contributed by atoms with Gasteiger partial charge in [0.1, 0.15) is 5.82 Å². The fraction of sp³-hybridized carbons (Fsp3) is 0.625. The molecule has 0 aromatic heterocycles. The summed E-state index contributed by atoms with van der Waals surface area (Å²) >= 11 is 0. The maximum Gasteiger partial charge on any atom is 0.146 e. The lowest BCUT2D eigenvalue weighted by atomic mass is 9.80. The second-order valence-corrected chi connectivity index (χ2v) is 6.80. The van der Waals surface area contributed by atoms with E-state index in [0.29, 0.717) is 5.92 Å². The SMILES string of the molecule is C[C@H](N)c1ccc(N2CCC(C(C)(C)C)C2)c(F)c1. The predicted molar refractivity (Wildman–Crippen MR) is 78.8 cm³/mol. The zero-order valence-electron chi connectivity index (χ0n) is 12.4. The zero-order chi connectivity index (χ0) is 14.2. The first kappa shape index (κ1) is 14.3. The molecule has 0 bridgehead atoms. The maximum atomic E-state index is 14.2. The summed E-state index contributed by atoms with van der Waals surface area (Å²) in [6.45, 7) is 10.5. The number of nitrogens with zero attached hydrogens (tertiary/aromatic N) is 1. The minimum Gasteiger partial charge on any atom is -0.369 e. The summed E-state index contributed by atoms with van der Waals surface area (Å²) in [5.74, 6) is 0.476. The molecule has 1 unspecified atom stereocenters. The summed E-state index contributed by atoms with van der Waals surface area (Å²) in [4.78, 5) is 2.16. The van der Waals surface area contributed by atoms with Gasteiger partial charge in [0.15, 0.2) is 0 Å². The van der Waals surface area contributed by atoms with Crippen LogP contribution in [0.2, 0.25) is 0 Å². The lowest BCUT2D eigenvalue weighted by Gasteiger charge is -2.27. The molecule has 1 aromatic carbocycles. The fourth-order valence-corrected chi connectivity index (χ4v) is 2.75. The van der Waals surface area contributed by atoms with Crippen molar-refractivity contribution < 1.29 is 4.39 Å². The van der Waals surface area contributed by atoms with Crippen LogP contribution in [0.5, 0.6) is 0 Å². The van der Waals surface area contributed by atoms with E-state index in [1.54, 1.807) is 6.07 Å². The molecule has 1 aliphatic rings. The molecular weight excluding hydrogens is 239 g/mol. The summed E-state index contributed by atoms with van der Waals surface area (Å²) in [6.07, 6.45) is 1.14. The van der Waals surface area contributed by atoms with Crippen molar-refractivity contribution in [2.45, 2.75) is 40.2 Å². The molecule has 1 fully saturated rings. The molecule has 2 rings (SSSR count). The van der Waals surface area contributed by atoms with E-state index in [0.717, 1.165) is 30.8 Å². The number of benzene rings is 1. The number of halogens is 1. The summed E-state index contributed by atoms with van der Waals surface area (Å²) in [6, 6.07) is 5.27. The predicted octanol–water partition coefficient (Wildman–Crippen LogP) is 3.72. The van der Waals surface area contributed by atoms with E-state index >= 15 is 0 Å². The Labute approximate surface area is 115 Å². The van der Waals surface area contributed by atoms with Gasteiger partial charge >= 0.3 is 0 Å². The molecule has 0 spiro atoms.